The molecular weight excluding hydrogens is 240 g/mol. The number of nitrogens with zero attached hydrogens (tertiary/aromatic N) is 1. The molecule has 1 fully saturated rings. The van der Waals surface area contributed by atoms with Crippen LogP contribution in [-0.4, -0.2) is 31.1 Å². The standard InChI is InChI=1S/C11H16N2.BrH/c1-2-4-11(5-3-1)10-13-8-6-12-7-9-13;/h1-5,12H,6-10H2;1H. The molecule has 1 N–H and O–H groups in total. The zero-order chi connectivity index (χ0) is 8.93. The second-order valence-electron chi connectivity index (χ2n) is 3.51. The molecule has 78 valence electrons. The topological polar surface area (TPSA) is 15.3 Å². The molecule has 0 radical (unpaired) electrons. The minimum atomic E-state index is 0. The Bertz CT molecular complexity index is 245. The van der Waals surface area contributed by atoms with Crippen LogP contribution in [0.4, 0.5) is 0 Å². The summed E-state index contributed by atoms with van der Waals surface area (Å²) in [5.41, 5.74) is 1.42. The van der Waals surface area contributed by atoms with Gasteiger partial charge >= 0.3 is 0 Å². The van der Waals surface area contributed by atoms with Gasteiger partial charge in [0.05, 0.1) is 0 Å². The summed E-state index contributed by atoms with van der Waals surface area (Å²) in [6.45, 7) is 5.71. The molecule has 0 aliphatic carbocycles. The Morgan fingerprint density at radius 3 is 2.36 bits per heavy atom. The van der Waals surface area contributed by atoms with Gasteiger partial charge in [0.25, 0.3) is 0 Å². The number of hydrogen-bond donors (Lipinski definition) is 1. The van der Waals surface area contributed by atoms with Gasteiger partial charge in [0.1, 0.15) is 0 Å². The van der Waals surface area contributed by atoms with Gasteiger partial charge in [-0.05, 0) is 5.56 Å². The number of nitrogens with one attached hydrogen (secondary N) is 1. The van der Waals surface area contributed by atoms with Gasteiger partial charge in [0.2, 0.25) is 0 Å². The van der Waals surface area contributed by atoms with Crippen molar-refractivity contribution < 1.29 is 0 Å². The number of benzene rings is 1. The molecule has 2 nitrogen and oxygen atoms in total. The summed E-state index contributed by atoms with van der Waals surface area (Å²) in [7, 11) is 0. The van der Waals surface area contributed by atoms with Gasteiger partial charge in [-0.3, -0.25) is 4.90 Å². The van der Waals surface area contributed by atoms with E-state index < -0.39 is 0 Å². The Morgan fingerprint density at radius 2 is 1.71 bits per heavy atom. The molecule has 0 atom stereocenters. The molecule has 1 aliphatic heterocycles. The Labute approximate surface area is 96.1 Å². The molecule has 1 aromatic carbocycles. The van der Waals surface area contributed by atoms with Gasteiger partial charge in [-0.15, -0.1) is 17.0 Å². The Kier molecular flexibility index (Phi) is 5.15. The van der Waals surface area contributed by atoms with E-state index in [-0.39, 0.29) is 17.0 Å². The molecule has 0 spiro atoms. The van der Waals surface area contributed by atoms with Crippen LogP contribution in [0.5, 0.6) is 0 Å². The van der Waals surface area contributed by atoms with Gasteiger partial charge in [0.15, 0.2) is 0 Å². The first-order chi connectivity index (χ1) is 6.45. The third-order valence-corrected chi connectivity index (χ3v) is 2.46. The highest BCUT2D eigenvalue weighted by Gasteiger charge is 2.08. The molecule has 1 saturated heterocycles. The molecule has 14 heavy (non-hydrogen) atoms. The molecule has 1 aliphatic rings. The van der Waals surface area contributed by atoms with Gasteiger partial charge in [-0.25, -0.2) is 0 Å². The van der Waals surface area contributed by atoms with Crippen molar-refractivity contribution in [3.63, 3.8) is 0 Å². The van der Waals surface area contributed by atoms with E-state index in [2.05, 4.69) is 40.5 Å². The molecular formula is C11H17BrN2. The summed E-state index contributed by atoms with van der Waals surface area (Å²) < 4.78 is 0. The van der Waals surface area contributed by atoms with Gasteiger partial charge < -0.3 is 5.32 Å². The average Bonchev–Trinajstić information content (AvgIpc) is 2.21. The Hall–Kier alpha value is -0.380. The number of hydrogen-bond acceptors (Lipinski definition) is 2. The lowest BCUT2D eigenvalue weighted by atomic mass is 10.2. The van der Waals surface area contributed by atoms with E-state index in [1.54, 1.807) is 0 Å². The van der Waals surface area contributed by atoms with E-state index >= 15 is 0 Å². The minimum Gasteiger partial charge on any atom is -0.314 e. The highest BCUT2D eigenvalue weighted by atomic mass is 79.9. The van der Waals surface area contributed by atoms with E-state index in [0.29, 0.717) is 0 Å². The van der Waals surface area contributed by atoms with Crippen LogP contribution in [0, 0.1) is 0 Å². The van der Waals surface area contributed by atoms with Crippen molar-refractivity contribution in [2.24, 2.45) is 0 Å². The molecule has 0 aromatic heterocycles. The Balaban J connectivity index is 0.000000980. The molecule has 0 amide bonds. The van der Waals surface area contributed by atoms with Crippen LogP contribution in [0.1, 0.15) is 5.56 Å². The monoisotopic (exact) mass is 256 g/mol. The first-order valence-electron chi connectivity index (χ1n) is 4.92. The Morgan fingerprint density at radius 1 is 1.07 bits per heavy atom. The fraction of sp³-hybridized carbons (Fsp3) is 0.455. The molecule has 2 rings (SSSR count). The number of piperazine rings is 1. The van der Waals surface area contributed by atoms with Crippen molar-refractivity contribution in [2.75, 3.05) is 26.2 Å². The smallest absolute Gasteiger partial charge is 0.0234 e. The predicted octanol–water partition coefficient (Wildman–Crippen LogP) is 1.67. The SMILES string of the molecule is Br.c1ccc(CN2CCNCC2)cc1. The third kappa shape index (κ3) is 3.40. The average molecular weight is 257 g/mol. The fourth-order valence-corrected chi connectivity index (χ4v) is 1.71. The van der Waals surface area contributed by atoms with Gasteiger partial charge in [-0.1, -0.05) is 30.3 Å². The van der Waals surface area contributed by atoms with Crippen molar-refractivity contribution in [1.29, 1.82) is 0 Å². The second kappa shape index (κ2) is 6.17. The normalized spacial score (nSPS) is 17.4. The zero-order valence-corrected chi connectivity index (χ0v) is 9.99. The minimum absolute atomic E-state index is 0. The van der Waals surface area contributed by atoms with Crippen LogP contribution >= 0.6 is 17.0 Å². The van der Waals surface area contributed by atoms with E-state index in [1.165, 1.54) is 18.7 Å². The molecule has 0 saturated carbocycles. The van der Waals surface area contributed by atoms with Crippen molar-refractivity contribution in [2.45, 2.75) is 6.54 Å². The van der Waals surface area contributed by atoms with Crippen molar-refractivity contribution in [3.05, 3.63) is 35.9 Å². The highest BCUT2D eigenvalue weighted by molar-refractivity contribution is 8.93. The van der Waals surface area contributed by atoms with Crippen LogP contribution in [0.25, 0.3) is 0 Å². The van der Waals surface area contributed by atoms with E-state index in [1.807, 2.05) is 0 Å². The maximum absolute atomic E-state index is 3.36. The lowest BCUT2D eigenvalue weighted by molar-refractivity contribution is 0.233. The van der Waals surface area contributed by atoms with E-state index in [9.17, 15) is 0 Å². The summed E-state index contributed by atoms with van der Waals surface area (Å²) >= 11 is 0. The fourth-order valence-electron chi connectivity index (χ4n) is 1.71. The quantitative estimate of drug-likeness (QED) is 0.867. The summed E-state index contributed by atoms with van der Waals surface area (Å²) in [5, 5.41) is 3.36. The van der Waals surface area contributed by atoms with Crippen LogP contribution < -0.4 is 5.32 Å². The van der Waals surface area contributed by atoms with Crippen LogP contribution in [0.15, 0.2) is 30.3 Å². The lowest BCUT2D eigenvalue weighted by Crippen LogP contribution is -2.42. The van der Waals surface area contributed by atoms with Gasteiger partial charge in [0, 0.05) is 32.7 Å². The summed E-state index contributed by atoms with van der Waals surface area (Å²) in [6, 6.07) is 10.7. The van der Waals surface area contributed by atoms with Crippen molar-refractivity contribution in [3.8, 4) is 0 Å². The maximum atomic E-state index is 3.36. The maximum Gasteiger partial charge on any atom is 0.0234 e. The molecule has 1 aromatic rings. The molecule has 1 heterocycles. The second-order valence-corrected chi connectivity index (χ2v) is 3.51. The van der Waals surface area contributed by atoms with Crippen LogP contribution in [0.2, 0.25) is 0 Å². The highest BCUT2D eigenvalue weighted by Crippen LogP contribution is 2.04. The predicted molar refractivity (Wildman–Crippen MR) is 64.9 cm³/mol. The number of halogens is 1. The summed E-state index contributed by atoms with van der Waals surface area (Å²) in [4.78, 5) is 2.49. The lowest BCUT2D eigenvalue weighted by Gasteiger charge is -2.27. The van der Waals surface area contributed by atoms with E-state index in [4.69, 9.17) is 0 Å². The molecule has 3 heteroatoms. The largest absolute Gasteiger partial charge is 0.314 e. The first kappa shape index (κ1) is 11.7. The zero-order valence-electron chi connectivity index (χ0n) is 8.28. The summed E-state index contributed by atoms with van der Waals surface area (Å²) in [5.74, 6) is 0. The van der Waals surface area contributed by atoms with Crippen molar-refractivity contribution >= 4 is 17.0 Å². The summed E-state index contributed by atoms with van der Waals surface area (Å²) in [6.07, 6.45) is 0. The third-order valence-electron chi connectivity index (χ3n) is 2.46. The van der Waals surface area contributed by atoms with E-state index in [0.717, 1.165) is 19.6 Å². The van der Waals surface area contributed by atoms with Gasteiger partial charge in [-0.2, -0.15) is 0 Å². The molecule has 0 unspecified atom stereocenters. The van der Waals surface area contributed by atoms with Crippen molar-refractivity contribution in [1.82, 2.24) is 10.2 Å². The number of rotatable bonds is 2. The van der Waals surface area contributed by atoms with Crippen LogP contribution in [0.3, 0.4) is 0 Å². The van der Waals surface area contributed by atoms with Crippen LogP contribution in [-0.2, 0) is 6.54 Å². The first-order valence-corrected chi connectivity index (χ1v) is 4.92. The molecule has 0 bridgehead atoms.